The molecule has 0 aromatic carbocycles. The van der Waals surface area contributed by atoms with E-state index in [-0.39, 0.29) is 0 Å². The SMILES string of the molecule is CC1CCCCC1N1CNCC1=O. The zero-order valence-electron chi connectivity index (χ0n) is 8.25. The van der Waals surface area contributed by atoms with E-state index in [1.54, 1.807) is 0 Å². The zero-order chi connectivity index (χ0) is 9.26. The second-order valence-electron chi connectivity index (χ2n) is 4.28. The van der Waals surface area contributed by atoms with Crippen LogP contribution in [0.1, 0.15) is 32.6 Å². The van der Waals surface area contributed by atoms with Gasteiger partial charge in [0.05, 0.1) is 13.2 Å². The maximum absolute atomic E-state index is 11.5. The molecule has 2 fully saturated rings. The van der Waals surface area contributed by atoms with Crippen molar-refractivity contribution in [3.05, 3.63) is 0 Å². The molecule has 2 unspecified atom stereocenters. The Kier molecular flexibility index (Phi) is 2.54. The molecule has 0 radical (unpaired) electrons. The molecule has 2 aliphatic rings. The summed E-state index contributed by atoms with van der Waals surface area (Å²) in [4.78, 5) is 13.5. The third-order valence-electron chi connectivity index (χ3n) is 3.35. The molecule has 0 aromatic heterocycles. The van der Waals surface area contributed by atoms with E-state index in [1.807, 2.05) is 4.90 Å². The molecule has 1 heterocycles. The van der Waals surface area contributed by atoms with Gasteiger partial charge in [0.25, 0.3) is 0 Å². The van der Waals surface area contributed by atoms with E-state index in [1.165, 1.54) is 25.7 Å². The number of carbonyl (C=O) groups is 1. The van der Waals surface area contributed by atoms with Gasteiger partial charge in [0, 0.05) is 6.04 Å². The second-order valence-corrected chi connectivity index (χ2v) is 4.28. The van der Waals surface area contributed by atoms with Gasteiger partial charge >= 0.3 is 0 Å². The number of carbonyl (C=O) groups excluding carboxylic acids is 1. The molecule has 3 nitrogen and oxygen atoms in total. The molecule has 0 aromatic rings. The largest absolute Gasteiger partial charge is 0.326 e. The molecular weight excluding hydrogens is 164 g/mol. The fourth-order valence-electron chi connectivity index (χ4n) is 2.53. The lowest BCUT2D eigenvalue weighted by Crippen LogP contribution is -2.43. The maximum Gasteiger partial charge on any atom is 0.237 e. The Hall–Kier alpha value is -0.570. The highest BCUT2D eigenvalue weighted by atomic mass is 16.2. The van der Waals surface area contributed by atoms with Gasteiger partial charge in [0.1, 0.15) is 0 Å². The lowest BCUT2D eigenvalue weighted by Gasteiger charge is -2.35. The van der Waals surface area contributed by atoms with Gasteiger partial charge in [-0.2, -0.15) is 0 Å². The van der Waals surface area contributed by atoms with Crippen LogP contribution in [-0.2, 0) is 4.79 Å². The van der Waals surface area contributed by atoms with Crippen LogP contribution in [0.15, 0.2) is 0 Å². The summed E-state index contributed by atoms with van der Waals surface area (Å²) in [6.07, 6.45) is 5.12. The van der Waals surface area contributed by atoms with Crippen molar-refractivity contribution < 1.29 is 4.79 Å². The van der Waals surface area contributed by atoms with E-state index in [9.17, 15) is 4.79 Å². The molecule has 3 heteroatoms. The van der Waals surface area contributed by atoms with Gasteiger partial charge in [0.15, 0.2) is 0 Å². The highest BCUT2D eigenvalue weighted by molar-refractivity contribution is 5.80. The van der Waals surface area contributed by atoms with Gasteiger partial charge in [0.2, 0.25) is 5.91 Å². The minimum atomic E-state index is 0.291. The summed E-state index contributed by atoms with van der Waals surface area (Å²) in [5.74, 6) is 0.983. The topological polar surface area (TPSA) is 32.3 Å². The van der Waals surface area contributed by atoms with Crippen LogP contribution in [0.2, 0.25) is 0 Å². The number of nitrogens with zero attached hydrogens (tertiary/aromatic N) is 1. The van der Waals surface area contributed by atoms with Crippen LogP contribution >= 0.6 is 0 Å². The summed E-state index contributed by atoms with van der Waals surface area (Å²) in [7, 11) is 0. The minimum Gasteiger partial charge on any atom is -0.326 e. The molecule has 13 heavy (non-hydrogen) atoms. The van der Waals surface area contributed by atoms with Gasteiger partial charge in [-0.3, -0.25) is 10.1 Å². The fraction of sp³-hybridized carbons (Fsp3) is 0.900. The van der Waals surface area contributed by atoms with Crippen molar-refractivity contribution >= 4 is 5.91 Å². The molecule has 1 amide bonds. The molecule has 74 valence electrons. The van der Waals surface area contributed by atoms with Crippen LogP contribution in [0.3, 0.4) is 0 Å². The molecule has 1 saturated carbocycles. The second kappa shape index (κ2) is 3.66. The van der Waals surface area contributed by atoms with Crippen LogP contribution in [0.5, 0.6) is 0 Å². The Morgan fingerprint density at radius 2 is 2.15 bits per heavy atom. The van der Waals surface area contributed by atoms with Crippen molar-refractivity contribution in [2.75, 3.05) is 13.2 Å². The summed E-state index contributed by atoms with van der Waals surface area (Å²) in [6.45, 7) is 3.59. The first-order chi connectivity index (χ1) is 6.29. The van der Waals surface area contributed by atoms with E-state index in [0.29, 0.717) is 24.4 Å². The number of amides is 1. The van der Waals surface area contributed by atoms with E-state index >= 15 is 0 Å². The van der Waals surface area contributed by atoms with E-state index in [0.717, 1.165) is 6.67 Å². The Morgan fingerprint density at radius 3 is 2.77 bits per heavy atom. The Labute approximate surface area is 79.5 Å². The molecule has 0 bridgehead atoms. The molecular formula is C10H18N2O. The average molecular weight is 182 g/mol. The monoisotopic (exact) mass is 182 g/mol. The van der Waals surface area contributed by atoms with Crippen LogP contribution in [0.4, 0.5) is 0 Å². The quantitative estimate of drug-likeness (QED) is 0.655. The zero-order valence-corrected chi connectivity index (χ0v) is 8.25. The van der Waals surface area contributed by atoms with Crippen molar-refractivity contribution in [1.29, 1.82) is 0 Å². The highest BCUT2D eigenvalue weighted by Gasteiger charge is 2.32. The van der Waals surface area contributed by atoms with E-state index in [4.69, 9.17) is 0 Å². The van der Waals surface area contributed by atoms with Gasteiger partial charge in [-0.1, -0.05) is 19.8 Å². The normalized spacial score (nSPS) is 35.5. The van der Waals surface area contributed by atoms with Crippen molar-refractivity contribution in [1.82, 2.24) is 10.2 Å². The summed E-state index contributed by atoms with van der Waals surface area (Å²) < 4.78 is 0. The average Bonchev–Trinajstić information content (AvgIpc) is 2.52. The molecule has 1 saturated heterocycles. The Morgan fingerprint density at radius 1 is 1.38 bits per heavy atom. The van der Waals surface area contributed by atoms with Crippen molar-refractivity contribution in [2.45, 2.75) is 38.6 Å². The van der Waals surface area contributed by atoms with Gasteiger partial charge < -0.3 is 4.90 Å². The summed E-state index contributed by atoms with van der Waals surface area (Å²) >= 11 is 0. The number of rotatable bonds is 1. The molecule has 2 atom stereocenters. The number of hydrogen-bond donors (Lipinski definition) is 1. The molecule has 0 spiro atoms. The first kappa shape index (κ1) is 9.00. The summed E-state index contributed by atoms with van der Waals surface area (Å²) in [5, 5.41) is 3.12. The van der Waals surface area contributed by atoms with E-state index < -0.39 is 0 Å². The van der Waals surface area contributed by atoms with Gasteiger partial charge in [-0.05, 0) is 18.8 Å². The Bertz CT molecular complexity index is 205. The highest BCUT2D eigenvalue weighted by Crippen LogP contribution is 2.28. The van der Waals surface area contributed by atoms with E-state index in [2.05, 4.69) is 12.2 Å². The van der Waals surface area contributed by atoms with Gasteiger partial charge in [-0.15, -0.1) is 0 Å². The van der Waals surface area contributed by atoms with Crippen LogP contribution in [0, 0.1) is 5.92 Å². The van der Waals surface area contributed by atoms with Crippen LogP contribution in [-0.4, -0.2) is 30.1 Å². The molecule has 1 aliphatic carbocycles. The van der Waals surface area contributed by atoms with Crippen molar-refractivity contribution in [2.24, 2.45) is 5.92 Å². The van der Waals surface area contributed by atoms with Crippen molar-refractivity contribution in [3.63, 3.8) is 0 Å². The standard InChI is InChI=1S/C10H18N2O/c1-8-4-2-3-5-9(8)12-7-11-6-10(12)13/h8-9,11H,2-7H2,1H3. The summed E-state index contributed by atoms with van der Waals surface area (Å²) in [5.41, 5.74) is 0. The molecule has 1 aliphatic heterocycles. The third-order valence-corrected chi connectivity index (χ3v) is 3.35. The van der Waals surface area contributed by atoms with Crippen LogP contribution < -0.4 is 5.32 Å². The first-order valence-corrected chi connectivity index (χ1v) is 5.29. The third kappa shape index (κ3) is 1.70. The fourth-order valence-corrected chi connectivity index (χ4v) is 2.53. The number of nitrogens with one attached hydrogen (secondary N) is 1. The van der Waals surface area contributed by atoms with Gasteiger partial charge in [-0.25, -0.2) is 0 Å². The predicted molar refractivity (Wildman–Crippen MR) is 51.1 cm³/mol. The Balaban J connectivity index is 2.01. The van der Waals surface area contributed by atoms with Crippen molar-refractivity contribution in [3.8, 4) is 0 Å². The lowest BCUT2D eigenvalue weighted by molar-refractivity contribution is -0.130. The molecule has 2 rings (SSSR count). The smallest absolute Gasteiger partial charge is 0.237 e. The molecule has 1 N–H and O–H groups in total. The van der Waals surface area contributed by atoms with Crippen LogP contribution in [0.25, 0.3) is 0 Å². The maximum atomic E-state index is 11.5. The minimum absolute atomic E-state index is 0.291. The predicted octanol–water partition coefficient (Wildman–Crippen LogP) is 0.954. The first-order valence-electron chi connectivity index (χ1n) is 5.29. The lowest BCUT2D eigenvalue weighted by atomic mass is 9.85. The summed E-state index contributed by atoms with van der Waals surface area (Å²) in [6, 6.07) is 0.510. The number of hydrogen-bond acceptors (Lipinski definition) is 2.